The van der Waals surface area contributed by atoms with E-state index in [2.05, 4.69) is 17.4 Å². The van der Waals surface area contributed by atoms with E-state index >= 15 is 0 Å². The maximum absolute atomic E-state index is 5.80. The fourth-order valence-corrected chi connectivity index (χ4v) is 1.53. The van der Waals surface area contributed by atoms with Crippen LogP contribution in [0.1, 0.15) is 18.4 Å². The van der Waals surface area contributed by atoms with E-state index < -0.39 is 0 Å². The number of nitrogens with one attached hydrogen (secondary N) is 1. The van der Waals surface area contributed by atoms with Gasteiger partial charge < -0.3 is 11.1 Å². The number of hydrogen-bond donors (Lipinski definition) is 2. The molecule has 0 unspecified atom stereocenters. The second kappa shape index (κ2) is 7.69. The summed E-state index contributed by atoms with van der Waals surface area (Å²) >= 11 is 5.80. The second-order valence-corrected chi connectivity index (χ2v) is 4.06. The van der Waals surface area contributed by atoms with Gasteiger partial charge in [-0.05, 0) is 56.6 Å². The van der Waals surface area contributed by atoms with Gasteiger partial charge >= 0.3 is 0 Å². The van der Waals surface area contributed by atoms with Gasteiger partial charge in [0.15, 0.2) is 0 Å². The zero-order valence-electron chi connectivity index (χ0n) is 9.01. The van der Waals surface area contributed by atoms with Crippen molar-refractivity contribution < 1.29 is 0 Å². The van der Waals surface area contributed by atoms with E-state index in [9.17, 15) is 0 Å². The average molecular weight is 227 g/mol. The number of unbranched alkanes of at least 4 members (excludes halogenated alkanes) is 1. The van der Waals surface area contributed by atoms with Gasteiger partial charge in [0.2, 0.25) is 0 Å². The van der Waals surface area contributed by atoms with Crippen LogP contribution in [0.4, 0.5) is 0 Å². The average Bonchev–Trinajstić information content (AvgIpc) is 2.26. The number of benzene rings is 1. The normalized spacial score (nSPS) is 10.5. The summed E-state index contributed by atoms with van der Waals surface area (Å²) in [5.41, 5.74) is 6.73. The van der Waals surface area contributed by atoms with Gasteiger partial charge in [0.1, 0.15) is 0 Å². The molecule has 3 N–H and O–H groups in total. The first-order valence-electron chi connectivity index (χ1n) is 5.48. The molecule has 15 heavy (non-hydrogen) atoms. The highest BCUT2D eigenvalue weighted by Crippen LogP contribution is 2.09. The van der Waals surface area contributed by atoms with Crippen molar-refractivity contribution in [1.82, 2.24) is 5.32 Å². The Morgan fingerprint density at radius 1 is 1.07 bits per heavy atom. The lowest BCUT2D eigenvalue weighted by Gasteiger charge is -2.04. The zero-order valence-corrected chi connectivity index (χ0v) is 9.76. The third-order valence-corrected chi connectivity index (χ3v) is 2.56. The summed E-state index contributed by atoms with van der Waals surface area (Å²) in [6.45, 7) is 2.87. The zero-order chi connectivity index (χ0) is 10.9. The molecule has 1 aromatic carbocycles. The van der Waals surface area contributed by atoms with Crippen LogP contribution < -0.4 is 11.1 Å². The molecule has 0 heterocycles. The van der Waals surface area contributed by atoms with Gasteiger partial charge in [-0.2, -0.15) is 0 Å². The van der Waals surface area contributed by atoms with Gasteiger partial charge in [0.25, 0.3) is 0 Å². The minimum absolute atomic E-state index is 0.791. The van der Waals surface area contributed by atoms with Gasteiger partial charge in [0.05, 0.1) is 0 Å². The first-order chi connectivity index (χ1) is 7.33. The maximum Gasteiger partial charge on any atom is 0.0406 e. The van der Waals surface area contributed by atoms with E-state index in [0.29, 0.717) is 0 Å². The van der Waals surface area contributed by atoms with Crippen LogP contribution in [0.5, 0.6) is 0 Å². The molecule has 0 fully saturated rings. The summed E-state index contributed by atoms with van der Waals surface area (Å²) in [7, 11) is 0. The Morgan fingerprint density at radius 2 is 1.80 bits per heavy atom. The van der Waals surface area contributed by atoms with Gasteiger partial charge in [-0.3, -0.25) is 0 Å². The van der Waals surface area contributed by atoms with E-state index in [1.165, 1.54) is 5.56 Å². The van der Waals surface area contributed by atoms with Crippen LogP contribution in [0.25, 0.3) is 0 Å². The molecule has 0 aliphatic heterocycles. The highest BCUT2D eigenvalue weighted by Gasteiger charge is 1.93. The maximum atomic E-state index is 5.80. The predicted molar refractivity (Wildman–Crippen MR) is 66.3 cm³/mol. The number of nitrogens with two attached hydrogens (primary N) is 1. The third kappa shape index (κ3) is 5.78. The van der Waals surface area contributed by atoms with E-state index in [1.54, 1.807) is 0 Å². The van der Waals surface area contributed by atoms with E-state index in [1.807, 2.05) is 12.1 Å². The molecular weight excluding hydrogens is 208 g/mol. The standard InChI is InChI=1S/C12H19ClN2/c13-12-5-3-11(4-6-12)7-10-15-9-2-1-8-14/h3-6,15H,1-2,7-10,14H2. The molecule has 2 nitrogen and oxygen atoms in total. The second-order valence-electron chi connectivity index (χ2n) is 3.62. The van der Waals surface area contributed by atoms with E-state index in [0.717, 1.165) is 43.9 Å². The summed E-state index contributed by atoms with van der Waals surface area (Å²) in [6.07, 6.45) is 3.32. The fourth-order valence-electron chi connectivity index (χ4n) is 1.40. The number of hydrogen-bond acceptors (Lipinski definition) is 2. The molecule has 0 aliphatic rings. The largest absolute Gasteiger partial charge is 0.330 e. The van der Waals surface area contributed by atoms with Crippen LogP contribution >= 0.6 is 11.6 Å². The Morgan fingerprint density at radius 3 is 2.47 bits per heavy atom. The lowest BCUT2D eigenvalue weighted by atomic mass is 10.1. The summed E-state index contributed by atoms with van der Waals surface area (Å²) in [4.78, 5) is 0. The number of rotatable bonds is 7. The fraction of sp³-hybridized carbons (Fsp3) is 0.500. The van der Waals surface area contributed by atoms with Crippen LogP contribution in [0, 0.1) is 0 Å². The van der Waals surface area contributed by atoms with Crippen LogP contribution in [0.3, 0.4) is 0 Å². The highest BCUT2D eigenvalue weighted by atomic mass is 35.5. The Kier molecular flexibility index (Phi) is 6.41. The number of halogens is 1. The molecule has 0 aliphatic carbocycles. The highest BCUT2D eigenvalue weighted by molar-refractivity contribution is 6.30. The van der Waals surface area contributed by atoms with Gasteiger partial charge in [-0.15, -0.1) is 0 Å². The van der Waals surface area contributed by atoms with Crippen molar-refractivity contribution in [3.63, 3.8) is 0 Å². The van der Waals surface area contributed by atoms with Crippen molar-refractivity contribution in [3.8, 4) is 0 Å². The van der Waals surface area contributed by atoms with Gasteiger partial charge in [0, 0.05) is 5.02 Å². The summed E-state index contributed by atoms with van der Waals surface area (Å²) < 4.78 is 0. The molecule has 0 atom stereocenters. The molecule has 0 radical (unpaired) electrons. The molecule has 1 rings (SSSR count). The van der Waals surface area contributed by atoms with E-state index in [4.69, 9.17) is 17.3 Å². The van der Waals surface area contributed by atoms with Crippen molar-refractivity contribution >= 4 is 11.6 Å². The van der Waals surface area contributed by atoms with Crippen molar-refractivity contribution in [2.45, 2.75) is 19.3 Å². The molecule has 3 heteroatoms. The molecule has 1 aromatic rings. The molecule has 0 bridgehead atoms. The van der Waals surface area contributed by atoms with Crippen molar-refractivity contribution in [1.29, 1.82) is 0 Å². The minimum Gasteiger partial charge on any atom is -0.330 e. The van der Waals surface area contributed by atoms with Crippen molar-refractivity contribution in [3.05, 3.63) is 34.9 Å². The van der Waals surface area contributed by atoms with Crippen LogP contribution in [0.2, 0.25) is 5.02 Å². The summed E-state index contributed by atoms with van der Waals surface area (Å²) in [6, 6.07) is 8.02. The van der Waals surface area contributed by atoms with Gasteiger partial charge in [-0.1, -0.05) is 23.7 Å². The molecule has 0 saturated heterocycles. The molecule has 0 saturated carbocycles. The predicted octanol–water partition coefficient (Wildman–Crippen LogP) is 2.21. The minimum atomic E-state index is 0.791. The van der Waals surface area contributed by atoms with Crippen LogP contribution in [-0.2, 0) is 6.42 Å². The Labute approximate surface area is 96.8 Å². The quantitative estimate of drug-likeness (QED) is 0.700. The van der Waals surface area contributed by atoms with Crippen LogP contribution in [0.15, 0.2) is 24.3 Å². The smallest absolute Gasteiger partial charge is 0.0406 e. The first kappa shape index (κ1) is 12.5. The monoisotopic (exact) mass is 226 g/mol. The Bertz CT molecular complexity index is 259. The molecule has 0 amide bonds. The summed E-state index contributed by atoms with van der Waals surface area (Å²) in [5, 5.41) is 4.20. The van der Waals surface area contributed by atoms with E-state index in [-0.39, 0.29) is 0 Å². The molecule has 0 spiro atoms. The Hall–Kier alpha value is -0.570. The first-order valence-corrected chi connectivity index (χ1v) is 5.86. The Balaban J connectivity index is 2.07. The van der Waals surface area contributed by atoms with Crippen molar-refractivity contribution in [2.24, 2.45) is 5.73 Å². The lowest BCUT2D eigenvalue weighted by molar-refractivity contribution is 0.627. The van der Waals surface area contributed by atoms with Crippen LogP contribution in [-0.4, -0.2) is 19.6 Å². The lowest BCUT2D eigenvalue weighted by Crippen LogP contribution is -2.19. The topological polar surface area (TPSA) is 38.0 Å². The van der Waals surface area contributed by atoms with Crippen molar-refractivity contribution in [2.75, 3.05) is 19.6 Å². The third-order valence-electron chi connectivity index (χ3n) is 2.31. The summed E-state index contributed by atoms with van der Waals surface area (Å²) in [5.74, 6) is 0. The SMILES string of the molecule is NCCCCNCCc1ccc(Cl)cc1. The van der Waals surface area contributed by atoms with Gasteiger partial charge in [-0.25, -0.2) is 0 Å². The molecule has 0 aromatic heterocycles. The molecule has 84 valence electrons. The molecular formula is C12H19ClN2.